The smallest absolute Gasteiger partial charge is 0.212 e. The quantitative estimate of drug-likeness (QED) is 0.762. The first kappa shape index (κ1) is 10.4. The van der Waals surface area contributed by atoms with E-state index < -0.39 is 5.95 Å². The highest BCUT2D eigenvalue weighted by Crippen LogP contribution is 2.22. The van der Waals surface area contributed by atoms with Crippen LogP contribution in [0.1, 0.15) is 18.8 Å². The average Bonchev–Trinajstić information content (AvgIpc) is 2.75. The molecule has 17 heavy (non-hydrogen) atoms. The molecule has 1 N–H and O–H groups in total. The van der Waals surface area contributed by atoms with Gasteiger partial charge in [0.1, 0.15) is 5.82 Å². The topological polar surface area (TPSA) is 42.7 Å². The zero-order valence-electron chi connectivity index (χ0n) is 9.52. The predicted molar refractivity (Wildman–Crippen MR) is 61.8 cm³/mol. The zero-order chi connectivity index (χ0) is 11.8. The molecule has 2 aromatic heterocycles. The number of imidazole rings is 1. The van der Waals surface area contributed by atoms with Gasteiger partial charge in [-0.2, -0.15) is 4.39 Å². The second kappa shape index (κ2) is 3.92. The molecule has 0 amide bonds. The molecule has 3 rings (SSSR count). The molecule has 3 heterocycles. The Balaban J connectivity index is 2.02. The Labute approximate surface area is 98.5 Å². The van der Waals surface area contributed by atoms with Gasteiger partial charge in [-0.15, -0.1) is 0 Å². The molecular weight excluding hydrogens is 219 g/mol. The molecule has 0 spiro atoms. The van der Waals surface area contributed by atoms with Crippen molar-refractivity contribution >= 4 is 0 Å². The molecule has 0 aliphatic carbocycles. The molecule has 1 unspecified atom stereocenters. The Morgan fingerprint density at radius 3 is 3.06 bits per heavy atom. The molecule has 5 heteroatoms. The summed E-state index contributed by atoms with van der Waals surface area (Å²) >= 11 is 0. The van der Waals surface area contributed by atoms with E-state index in [4.69, 9.17) is 0 Å². The van der Waals surface area contributed by atoms with E-state index in [9.17, 15) is 4.39 Å². The minimum Gasteiger partial charge on any atom is -0.332 e. The van der Waals surface area contributed by atoms with Crippen molar-refractivity contribution < 1.29 is 4.39 Å². The maximum atomic E-state index is 12.7. The summed E-state index contributed by atoms with van der Waals surface area (Å²) in [4.78, 5) is 8.22. The van der Waals surface area contributed by atoms with E-state index in [0.717, 1.165) is 30.2 Å². The molecule has 0 fully saturated rings. The minimum atomic E-state index is -0.465. The molecule has 0 radical (unpaired) electrons. The first-order valence-electron chi connectivity index (χ1n) is 5.66. The van der Waals surface area contributed by atoms with Crippen LogP contribution >= 0.6 is 0 Å². The van der Waals surface area contributed by atoms with Crippen molar-refractivity contribution in [1.29, 1.82) is 0 Å². The third-order valence-electron chi connectivity index (χ3n) is 3.02. The van der Waals surface area contributed by atoms with E-state index >= 15 is 0 Å². The molecule has 1 aliphatic rings. The summed E-state index contributed by atoms with van der Waals surface area (Å²) in [5.41, 5.74) is 1.70. The second-order valence-corrected chi connectivity index (χ2v) is 4.22. The zero-order valence-corrected chi connectivity index (χ0v) is 9.52. The Hall–Kier alpha value is -1.75. The summed E-state index contributed by atoms with van der Waals surface area (Å²) < 4.78 is 14.9. The molecular formula is C12H13FN4. The Morgan fingerprint density at radius 1 is 1.47 bits per heavy atom. The number of halogens is 1. The van der Waals surface area contributed by atoms with Gasteiger partial charge in [-0.1, -0.05) is 0 Å². The standard InChI is InChI=1S/C12H13FN4/c1-8-12-16-10(7-17(12)5-4-14-8)9-2-3-11(13)15-6-9/h2-3,6-8,14H,4-5H2,1H3. The maximum Gasteiger partial charge on any atom is 0.212 e. The number of fused-ring (bicyclic) bond motifs is 1. The van der Waals surface area contributed by atoms with Crippen LogP contribution in [0.5, 0.6) is 0 Å². The Morgan fingerprint density at radius 2 is 2.35 bits per heavy atom. The van der Waals surface area contributed by atoms with E-state index in [-0.39, 0.29) is 6.04 Å². The highest BCUT2D eigenvalue weighted by molar-refractivity contribution is 5.57. The van der Waals surface area contributed by atoms with Crippen LogP contribution in [-0.4, -0.2) is 21.1 Å². The third kappa shape index (κ3) is 1.82. The molecule has 1 atom stereocenters. The van der Waals surface area contributed by atoms with Gasteiger partial charge in [-0.05, 0) is 19.1 Å². The predicted octanol–water partition coefficient (Wildman–Crippen LogP) is 1.75. The number of nitrogens with zero attached hydrogens (tertiary/aromatic N) is 3. The molecule has 2 aromatic rings. The van der Waals surface area contributed by atoms with Gasteiger partial charge in [-0.3, -0.25) is 0 Å². The van der Waals surface area contributed by atoms with Gasteiger partial charge in [0, 0.05) is 31.0 Å². The van der Waals surface area contributed by atoms with Gasteiger partial charge in [0.2, 0.25) is 5.95 Å². The number of aromatic nitrogens is 3. The maximum absolute atomic E-state index is 12.7. The van der Waals surface area contributed by atoms with Crippen LogP contribution in [0.25, 0.3) is 11.3 Å². The van der Waals surface area contributed by atoms with Crippen molar-refractivity contribution in [3.63, 3.8) is 0 Å². The van der Waals surface area contributed by atoms with Crippen LogP contribution in [0.15, 0.2) is 24.5 Å². The fourth-order valence-electron chi connectivity index (χ4n) is 2.11. The molecule has 0 saturated carbocycles. The second-order valence-electron chi connectivity index (χ2n) is 4.22. The summed E-state index contributed by atoms with van der Waals surface area (Å²) in [5, 5.41) is 3.35. The largest absolute Gasteiger partial charge is 0.332 e. The van der Waals surface area contributed by atoms with Gasteiger partial charge in [0.25, 0.3) is 0 Å². The number of hydrogen-bond donors (Lipinski definition) is 1. The van der Waals surface area contributed by atoms with E-state index in [1.54, 1.807) is 6.07 Å². The fourth-order valence-corrected chi connectivity index (χ4v) is 2.11. The highest BCUT2D eigenvalue weighted by atomic mass is 19.1. The van der Waals surface area contributed by atoms with Crippen LogP contribution in [0.3, 0.4) is 0 Å². The lowest BCUT2D eigenvalue weighted by Crippen LogP contribution is -2.31. The lowest BCUT2D eigenvalue weighted by molar-refractivity contribution is 0.437. The SMILES string of the molecule is CC1NCCn2cc(-c3ccc(F)nc3)nc21. The van der Waals surface area contributed by atoms with E-state index in [0.29, 0.717) is 0 Å². The van der Waals surface area contributed by atoms with Crippen LogP contribution in [-0.2, 0) is 6.54 Å². The summed E-state index contributed by atoms with van der Waals surface area (Å²) in [7, 11) is 0. The third-order valence-corrected chi connectivity index (χ3v) is 3.02. The number of hydrogen-bond acceptors (Lipinski definition) is 3. The summed E-state index contributed by atoms with van der Waals surface area (Å²) in [6, 6.07) is 3.32. The molecule has 88 valence electrons. The van der Waals surface area contributed by atoms with E-state index in [1.165, 1.54) is 12.3 Å². The fraction of sp³-hybridized carbons (Fsp3) is 0.333. The van der Waals surface area contributed by atoms with Gasteiger partial charge in [-0.25, -0.2) is 9.97 Å². The number of pyridine rings is 1. The van der Waals surface area contributed by atoms with Crippen molar-refractivity contribution in [2.24, 2.45) is 0 Å². The van der Waals surface area contributed by atoms with Crippen molar-refractivity contribution in [1.82, 2.24) is 19.9 Å². The Kier molecular flexibility index (Phi) is 2.40. The summed E-state index contributed by atoms with van der Waals surface area (Å²) in [6.07, 6.45) is 3.52. The molecule has 0 saturated heterocycles. The first-order chi connectivity index (χ1) is 8.24. The van der Waals surface area contributed by atoms with Crippen molar-refractivity contribution in [2.45, 2.75) is 19.5 Å². The van der Waals surface area contributed by atoms with Gasteiger partial charge in [0.15, 0.2) is 0 Å². The van der Waals surface area contributed by atoms with Gasteiger partial charge in [0.05, 0.1) is 11.7 Å². The monoisotopic (exact) mass is 232 g/mol. The van der Waals surface area contributed by atoms with Crippen LogP contribution < -0.4 is 5.32 Å². The number of nitrogens with one attached hydrogen (secondary N) is 1. The van der Waals surface area contributed by atoms with Gasteiger partial charge >= 0.3 is 0 Å². The molecule has 0 bridgehead atoms. The lowest BCUT2D eigenvalue weighted by atomic mass is 10.2. The van der Waals surface area contributed by atoms with Crippen LogP contribution in [0.4, 0.5) is 4.39 Å². The van der Waals surface area contributed by atoms with E-state index in [2.05, 4.69) is 26.8 Å². The van der Waals surface area contributed by atoms with Crippen molar-refractivity contribution in [3.05, 3.63) is 36.3 Å². The summed E-state index contributed by atoms with van der Waals surface area (Å²) in [6.45, 7) is 3.96. The number of rotatable bonds is 1. The molecule has 1 aliphatic heterocycles. The van der Waals surface area contributed by atoms with Crippen LogP contribution in [0.2, 0.25) is 0 Å². The van der Waals surface area contributed by atoms with Gasteiger partial charge < -0.3 is 9.88 Å². The minimum absolute atomic E-state index is 0.255. The lowest BCUT2D eigenvalue weighted by Gasteiger charge is -2.21. The molecule has 4 nitrogen and oxygen atoms in total. The summed E-state index contributed by atoms with van der Waals surface area (Å²) in [5.74, 6) is 0.559. The Bertz CT molecular complexity index is 532. The van der Waals surface area contributed by atoms with Crippen LogP contribution in [0, 0.1) is 5.95 Å². The van der Waals surface area contributed by atoms with Crippen molar-refractivity contribution in [2.75, 3.05) is 6.54 Å². The first-order valence-corrected chi connectivity index (χ1v) is 5.66. The van der Waals surface area contributed by atoms with Crippen molar-refractivity contribution in [3.8, 4) is 11.3 Å². The highest BCUT2D eigenvalue weighted by Gasteiger charge is 2.18. The normalized spacial score (nSPS) is 19.1. The average molecular weight is 232 g/mol. The molecule has 0 aromatic carbocycles. The van der Waals surface area contributed by atoms with E-state index in [1.807, 2.05) is 6.20 Å².